The van der Waals surface area contributed by atoms with Crippen molar-refractivity contribution in [3.8, 4) is 23.0 Å². The van der Waals surface area contributed by atoms with Crippen molar-refractivity contribution >= 4 is 34.2 Å². The van der Waals surface area contributed by atoms with Gasteiger partial charge in [-0.2, -0.15) is 9.36 Å². The van der Waals surface area contributed by atoms with Crippen LogP contribution in [0.1, 0.15) is 42.4 Å². The number of halogens is 1. The van der Waals surface area contributed by atoms with Gasteiger partial charge in [-0.25, -0.2) is 4.68 Å². The van der Waals surface area contributed by atoms with Crippen LogP contribution in [-0.2, 0) is 5.41 Å². The highest BCUT2D eigenvalue weighted by Crippen LogP contribution is 2.29. The Morgan fingerprint density at radius 1 is 1.15 bits per heavy atom. The smallest absolute Gasteiger partial charge is 0.257 e. The molecule has 8 nitrogen and oxygen atoms in total. The van der Waals surface area contributed by atoms with Gasteiger partial charge in [0, 0.05) is 17.1 Å². The molecular formula is C23H23ClN6O2S. The monoisotopic (exact) mass is 482 g/mol. The van der Waals surface area contributed by atoms with E-state index in [9.17, 15) is 4.79 Å². The first-order valence-electron chi connectivity index (χ1n) is 10.2. The van der Waals surface area contributed by atoms with E-state index in [4.69, 9.17) is 16.3 Å². The van der Waals surface area contributed by atoms with Gasteiger partial charge in [0.2, 0.25) is 5.13 Å². The van der Waals surface area contributed by atoms with E-state index in [0.29, 0.717) is 33.0 Å². The number of benzene rings is 2. The molecule has 0 saturated heterocycles. The molecule has 1 N–H and O–H groups in total. The Bertz CT molecular complexity index is 1310. The molecule has 0 aliphatic heterocycles. The summed E-state index contributed by atoms with van der Waals surface area (Å²) in [6.45, 7) is 8.26. The fraction of sp³-hybridized carbons (Fsp3) is 0.261. The first-order chi connectivity index (χ1) is 15.7. The zero-order valence-corrected chi connectivity index (χ0v) is 20.5. The first kappa shape index (κ1) is 22.9. The average molecular weight is 483 g/mol. The van der Waals surface area contributed by atoms with Gasteiger partial charge in [0.15, 0.2) is 11.5 Å². The predicted octanol–water partition coefficient (Wildman–Crippen LogP) is 5.31. The van der Waals surface area contributed by atoms with E-state index in [0.717, 1.165) is 28.5 Å². The molecule has 0 atom stereocenters. The lowest BCUT2D eigenvalue weighted by Gasteiger charge is -2.18. The Balaban J connectivity index is 1.52. The van der Waals surface area contributed by atoms with Crippen LogP contribution in [-0.4, -0.2) is 37.4 Å². The van der Waals surface area contributed by atoms with Crippen LogP contribution in [0, 0.1) is 6.92 Å². The lowest BCUT2D eigenvalue weighted by atomic mass is 9.87. The third kappa shape index (κ3) is 4.74. The minimum absolute atomic E-state index is 0.0234. The topological polar surface area (TPSA) is 94.8 Å². The number of carbonyl (C=O) groups excluding carboxylic acids is 1. The lowest BCUT2D eigenvalue weighted by Crippen LogP contribution is -2.14. The summed E-state index contributed by atoms with van der Waals surface area (Å²) in [6.07, 6.45) is 0. The van der Waals surface area contributed by atoms with Crippen LogP contribution in [0.25, 0.3) is 17.2 Å². The molecule has 1 amide bonds. The summed E-state index contributed by atoms with van der Waals surface area (Å²) in [6, 6.07) is 12.9. The second kappa shape index (κ2) is 8.92. The summed E-state index contributed by atoms with van der Waals surface area (Å²) < 4.78 is 11.2. The molecule has 4 aromatic rings. The predicted molar refractivity (Wildman–Crippen MR) is 130 cm³/mol. The minimum Gasteiger partial charge on any atom is -0.495 e. The summed E-state index contributed by atoms with van der Waals surface area (Å²) in [5, 5.41) is 12.1. The Labute approximate surface area is 200 Å². The van der Waals surface area contributed by atoms with E-state index in [1.165, 1.54) is 0 Å². The average Bonchev–Trinajstić information content (AvgIpc) is 3.39. The maximum absolute atomic E-state index is 12.6. The van der Waals surface area contributed by atoms with Crippen LogP contribution >= 0.6 is 23.1 Å². The Kier molecular flexibility index (Phi) is 6.18. The van der Waals surface area contributed by atoms with Crippen molar-refractivity contribution < 1.29 is 9.53 Å². The van der Waals surface area contributed by atoms with Crippen molar-refractivity contribution in [2.75, 3.05) is 12.4 Å². The number of methoxy groups -OCH3 is 1. The summed E-state index contributed by atoms with van der Waals surface area (Å²) in [5.74, 6) is 0.723. The fourth-order valence-electron chi connectivity index (χ4n) is 3.23. The number of nitrogens with zero attached hydrogens (tertiary/aromatic N) is 5. The highest BCUT2D eigenvalue weighted by Gasteiger charge is 2.19. The van der Waals surface area contributed by atoms with Crippen molar-refractivity contribution in [1.29, 1.82) is 0 Å². The zero-order valence-electron chi connectivity index (χ0n) is 18.9. The number of hydrogen-bond donors (Lipinski definition) is 1. The van der Waals surface area contributed by atoms with Crippen molar-refractivity contribution in [1.82, 2.24) is 24.4 Å². The van der Waals surface area contributed by atoms with Gasteiger partial charge in [0.25, 0.3) is 5.91 Å². The van der Waals surface area contributed by atoms with Gasteiger partial charge in [-0.1, -0.05) is 49.7 Å². The number of rotatable bonds is 5. The van der Waals surface area contributed by atoms with Gasteiger partial charge in [-0.3, -0.25) is 10.1 Å². The van der Waals surface area contributed by atoms with E-state index in [1.807, 2.05) is 37.3 Å². The van der Waals surface area contributed by atoms with Crippen LogP contribution in [0.15, 0.2) is 42.5 Å². The molecule has 0 radical (unpaired) electrons. The second-order valence-corrected chi connectivity index (χ2v) is 9.62. The van der Waals surface area contributed by atoms with E-state index in [-0.39, 0.29) is 11.3 Å². The minimum atomic E-state index is -0.244. The van der Waals surface area contributed by atoms with E-state index in [2.05, 4.69) is 45.8 Å². The quantitative estimate of drug-likeness (QED) is 0.414. The molecule has 0 fully saturated rings. The number of anilines is 1. The number of hydrogen-bond acceptors (Lipinski definition) is 7. The second-order valence-electron chi connectivity index (χ2n) is 8.46. The maximum atomic E-state index is 12.6. The molecule has 0 saturated carbocycles. The largest absolute Gasteiger partial charge is 0.495 e. The van der Waals surface area contributed by atoms with Gasteiger partial charge in [-0.05, 0) is 48.2 Å². The molecule has 0 unspecified atom stereocenters. The van der Waals surface area contributed by atoms with E-state index < -0.39 is 0 Å². The fourth-order valence-corrected chi connectivity index (χ4v) is 4.05. The maximum Gasteiger partial charge on any atom is 0.257 e. The Morgan fingerprint density at radius 2 is 1.88 bits per heavy atom. The number of nitrogens with one attached hydrogen (secondary N) is 1. The highest BCUT2D eigenvalue weighted by molar-refractivity contribution is 7.10. The third-order valence-corrected chi connectivity index (χ3v) is 6.07. The number of amides is 1. The summed E-state index contributed by atoms with van der Waals surface area (Å²) in [7, 11) is 1.56. The standard InChI is InChI=1S/C23H23ClN6O2S/c1-13-19(27-29-30(13)16-10-11-18(32-5)17(24)12-16)20-25-22(33-28-20)26-21(31)14-6-8-15(9-7-14)23(2,3)4/h6-12H,1-5H3,(H,25,26,28,31). The molecule has 0 spiro atoms. The number of aromatic nitrogens is 5. The molecular weight excluding hydrogens is 460 g/mol. The molecule has 10 heteroatoms. The van der Waals surface area contributed by atoms with Gasteiger partial charge < -0.3 is 4.74 Å². The van der Waals surface area contributed by atoms with Gasteiger partial charge in [-0.15, -0.1) is 5.10 Å². The number of ether oxygens (including phenoxy) is 1. The van der Waals surface area contributed by atoms with Gasteiger partial charge in [0.1, 0.15) is 5.75 Å². The molecule has 2 aromatic carbocycles. The Morgan fingerprint density at radius 3 is 2.52 bits per heavy atom. The van der Waals surface area contributed by atoms with Crippen LogP contribution in [0.2, 0.25) is 5.02 Å². The third-order valence-electron chi connectivity index (χ3n) is 5.15. The molecule has 0 aliphatic carbocycles. The molecule has 2 aromatic heterocycles. The van der Waals surface area contributed by atoms with Gasteiger partial charge >= 0.3 is 0 Å². The summed E-state index contributed by atoms with van der Waals surface area (Å²) >= 11 is 7.33. The molecule has 33 heavy (non-hydrogen) atoms. The SMILES string of the molecule is COc1ccc(-n2nnc(-c3nsc(NC(=O)c4ccc(C(C)(C)C)cc4)n3)c2C)cc1Cl. The van der Waals surface area contributed by atoms with Crippen LogP contribution < -0.4 is 10.1 Å². The molecule has 4 rings (SSSR count). The summed E-state index contributed by atoms with van der Waals surface area (Å²) in [5.41, 5.74) is 3.74. The van der Waals surface area contributed by atoms with E-state index >= 15 is 0 Å². The van der Waals surface area contributed by atoms with Crippen LogP contribution in [0.4, 0.5) is 5.13 Å². The highest BCUT2D eigenvalue weighted by atomic mass is 35.5. The van der Waals surface area contributed by atoms with Crippen molar-refractivity contribution in [2.24, 2.45) is 0 Å². The van der Waals surface area contributed by atoms with Crippen molar-refractivity contribution in [3.05, 3.63) is 64.3 Å². The summed E-state index contributed by atoms with van der Waals surface area (Å²) in [4.78, 5) is 17.1. The molecule has 0 bridgehead atoms. The van der Waals surface area contributed by atoms with Crippen molar-refractivity contribution in [3.63, 3.8) is 0 Å². The molecule has 170 valence electrons. The van der Waals surface area contributed by atoms with Crippen molar-refractivity contribution in [2.45, 2.75) is 33.1 Å². The number of carbonyl (C=O) groups is 1. The molecule has 2 heterocycles. The van der Waals surface area contributed by atoms with Gasteiger partial charge in [0.05, 0.1) is 23.5 Å². The Hall–Kier alpha value is -3.30. The van der Waals surface area contributed by atoms with E-state index in [1.54, 1.807) is 23.9 Å². The van der Waals surface area contributed by atoms with Crippen LogP contribution in [0.3, 0.4) is 0 Å². The normalized spacial score (nSPS) is 11.5. The van der Waals surface area contributed by atoms with Crippen LogP contribution in [0.5, 0.6) is 5.75 Å². The lowest BCUT2D eigenvalue weighted by molar-refractivity contribution is 0.102. The molecule has 0 aliphatic rings. The zero-order chi connectivity index (χ0) is 23.8. The first-order valence-corrected chi connectivity index (χ1v) is 11.3.